The summed E-state index contributed by atoms with van der Waals surface area (Å²) < 4.78 is 3.96. The van der Waals surface area contributed by atoms with Gasteiger partial charge < -0.3 is 9.88 Å². The van der Waals surface area contributed by atoms with Crippen LogP contribution in [0.2, 0.25) is 0 Å². The van der Waals surface area contributed by atoms with Crippen molar-refractivity contribution >= 4 is 44.9 Å². The standard InChI is InChI=1S/C15H12N2.C14H13N2.Au/c1-3-7-14(8-4-1)16-11-12-17(13-16)15-9-5-2-6-10-15;1-16(2)10-7-8-14-12(9-10)11-5-3-4-6-13(11)15-14;/h1-12H;3-9H,1-2H3;/q+2;-1;+1. The van der Waals surface area contributed by atoms with Gasteiger partial charge in [0.05, 0.1) is 0 Å². The van der Waals surface area contributed by atoms with E-state index in [-0.39, 0.29) is 22.4 Å². The largest absolute Gasteiger partial charge is 1.00 e. The molecule has 5 aromatic rings. The first-order valence-corrected chi connectivity index (χ1v) is 10.9. The Morgan fingerprint density at radius 1 is 0.618 bits per heavy atom. The van der Waals surface area contributed by atoms with E-state index in [9.17, 15) is 0 Å². The van der Waals surface area contributed by atoms with Crippen molar-refractivity contribution in [3.8, 4) is 0 Å². The van der Waals surface area contributed by atoms with Gasteiger partial charge in [0.2, 0.25) is 11.4 Å². The second kappa shape index (κ2) is 10.5. The third kappa shape index (κ3) is 4.96. The first-order chi connectivity index (χ1) is 16.2. The van der Waals surface area contributed by atoms with Gasteiger partial charge in [-0.2, -0.15) is 0 Å². The van der Waals surface area contributed by atoms with Gasteiger partial charge in [0, 0.05) is 44.0 Å². The molecule has 0 atom stereocenters. The molecule has 34 heavy (non-hydrogen) atoms. The van der Waals surface area contributed by atoms with Crippen molar-refractivity contribution in [2.24, 2.45) is 0 Å². The van der Waals surface area contributed by atoms with Crippen LogP contribution in [0.15, 0.2) is 116 Å². The zero-order valence-corrected chi connectivity index (χ0v) is 21.2. The minimum absolute atomic E-state index is 0. The predicted molar refractivity (Wildman–Crippen MR) is 136 cm³/mol. The average molecular weight is 627 g/mol. The van der Waals surface area contributed by atoms with Crippen molar-refractivity contribution in [3.63, 3.8) is 0 Å². The van der Waals surface area contributed by atoms with E-state index in [4.69, 9.17) is 0 Å². The van der Waals surface area contributed by atoms with E-state index in [0.717, 1.165) is 22.4 Å². The van der Waals surface area contributed by atoms with Crippen molar-refractivity contribution in [1.82, 2.24) is 4.98 Å². The molecule has 5 heteroatoms. The molecule has 0 aliphatic carbocycles. The molecule has 0 saturated carbocycles. The first-order valence-electron chi connectivity index (χ1n) is 10.9. The van der Waals surface area contributed by atoms with Crippen LogP contribution in [0.5, 0.6) is 0 Å². The third-order valence-corrected chi connectivity index (χ3v) is 5.58. The van der Waals surface area contributed by atoms with Crippen molar-refractivity contribution < 1.29 is 31.5 Å². The molecule has 1 aliphatic rings. The minimum Gasteiger partial charge on any atom is -0.657 e. The van der Waals surface area contributed by atoms with E-state index in [1.807, 2.05) is 64.0 Å². The molecule has 4 aromatic carbocycles. The molecule has 1 aliphatic heterocycles. The number of para-hydroxylation sites is 3. The summed E-state index contributed by atoms with van der Waals surface area (Å²) in [6.07, 6.45) is 4.00. The molecule has 2 heterocycles. The summed E-state index contributed by atoms with van der Waals surface area (Å²) in [5, 5.41) is 2.48. The van der Waals surface area contributed by atoms with Gasteiger partial charge in [0.1, 0.15) is 0 Å². The van der Waals surface area contributed by atoms with Crippen LogP contribution in [0.1, 0.15) is 0 Å². The van der Waals surface area contributed by atoms with E-state index >= 15 is 0 Å². The number of rotatable bonds is 3. The van der Waals surface area contributed by atoms with Gasteiger partial charge in [-0.25, -0.2) is 0 Å². The summed E-state index contributed by atoms with van der Waals surface area (Å²) in [7, 11) is 4.11. The summed E-state index contributed by atoms with van der Waals surface area (Å²) in [6, 6.07) is 38.3. The molecule has 6 rings (SSSR count). The number of hydrogen-bond acceptors (Lipinski definition) is 1. The molecule has 0 bridgehead atoms. The second-order valence-electron chi connectivity index (χ2n) is 8.03. The first kappa shape index (κ1) is 23.5. The van der Waals surface area contributed by atoms with Gasteiger partial charge >= 0.3 is 28.4 Å². The van der Waals surface area contributed by atoms with Crippen molar-refractivity contribution in [3.05, 3.63) is 116 Å². The number of benzene rings is 4. The average Bonchev–Trinajstić information content (AvgIpc) is 3.50. The van der Waals surface area contributed by atoms with E-state index in [1.165, 1.54) is 16.5 Å². The summed E-state index contributed by atoms with van der Waals surface area (Å²) in [5.41, 5.74) is 5.59. The molecule has 0 radical (unpaired) electrons. The fourth-order valence-corrected chi connectivity index (χ4v) is 3.82. The molecule has 0 spiro atoms. The van der Waals surface area contributed by atoms with Gasteiger partial charge in [0.15, 0.2) is 0 Å². The molecule has 0 amide bonds. The molecule has 0 saturated heterocycles. The van der Waals surface area contributed by atoms with Crippen LogP contribution in [0.3, 0.4) is 0 Å². The van der Waals surface area contributed by atoms with E-state index in [0.29, 0.717) is 0 Å². The van der Waals surface area contributed by atoms with E-state index in [1.54, 1.807) is 0 Å². The Balaban J connectivity index is 0.000000157. The van der Waals surface area contributed by atoms with Crippen LogP contribution >= 0.6 is 0 Å². The SMILES string of the molecule is C1=[N+](c2ccccc2)C=C[N+]=1c1ccccc1.CN(C)c1ccc2[n-]c3ccccc3c2c1.[Au+]. The Kier molecular flexibility index (Phi) is 7.27. The summed E-state index contributed by atoms with van der Waals surface area (Å²) in [6.45, 7) is 0. The van der Waals surface area contributed by atoms with Gasteiger partial charge in [0.25, 0.3) is 12.4 Å². The third-order valence-electron chi connectivity index (χ3n) is 5.58. The van der Waals surface area contributed by atoms with Crippen LogP contribution in [-0.2, 0) is 22.4 Å². The number of aromatic nitrogens is 1. The number of fused-ring (bicyclic) bond motifs is 3. The smallest absolute Gasteiger partial charge is 0.657 e. The van der Waals surface area contributed by atoms with E-state index < -0.39 is 0 Å². The fraction of sp³-hybridized carbons (Fsp3) is 0.0690. The van der Waals surface area contributed by atoms with Gasteiger partial charge in [-0.15, -0.1) is 11.0 Å². The van der Waals surface area contributed by atoms with Crippen molar-refractivity contribution in [1.29, 1.82) is 0 Å². The Bertz CT molecular complexity index is 1460. The monoisotopic (exact) mass is 626 g/mol. The Hall–Kier alpha value is -3.66. The zero-order chi connectivity index (χ0) is 22.6. The summed E-state index contributed by atoms with van der Waals surface area (Å²) >= 11 is 0. The van der Waals surface area contributed by atoms with Crippen molar-refractivity contribution in [2.75, 3.05) is 19.0 Å². The van der Waals surface area contributed by atoms with Crippen LogP contribution in [0.25, 0.3) is 21.8 Å². The topological polar surface area (TPSA) is 23.4 Å². The number of hydrogen-bond donors (Lipinski definition) is 0. The molecule has 0 unspecified atom stereocenters. The molecular weight excluding hydrogens is 601 g/mol. The second-order valence-corrected chi connectivity index (χ2v) is 8.03. The molecular formula is C29H25AuN4+2. The summed E-state index contributed by atoms with van der Waals surface area (Å²) in [5.74, 6) is 0. The normalized spacial score (nSPS) is 11.9. The molecule has 0 N–H and O–H groups in total. The number of anilines is 1. The maximum Gasteiger partial charge on any atom is 1.00 e. The van der Waals surface area contributed by atoms with Crippen LogP contribution in [-0.4, -0.2) is 29.3 Å². The van der Waals surface area contributed by atoms with Gasteiger partial charge in [-0.1, -0.05) is 75.9 Å². The quantitative estimate of drug-likeness (QED) is 0.172. The van der Waals surface area contributed by atoms with E-state index in [2.05, 4.69) is 90.7 Å². The van der Waals surface area contributed by atoms with Gasteiger partial charge in [-0.05, 0) is 22.9 Å². The zero-order valence-electron chi connectivity index (χ0n) is 19.1. The maximum absolute atomic E-state index is 4.60. The number of nitrogens with zero attached hydrogens (tertiary/aromatic N) is 4. The molecule has 170 valence electrons. The molecule has 4 nitrogen and oxygen atoms in total. The van der Waals surface area contributed by atoms with Crippen molar-refractivity contribution in [2.45, 2.75) is 0 Å². The van der Waals surface area contributed by atoms with Crippen LogP contribution in [0.4, 0.5) is 17.1 Å². The Morgan fingerprint density at radius 3 is 1.74 bits per heavy atom. The van der Waals surface area contributed by atoms with Gasteiger partial charge in [-0.3, -0.25) is 0 Å². The predicted octanol–water partition coefficient (Wildman–Crippen LogP) is 6.35. The Labute approximate surface area is 215 Å². The molecule has 1 aromatic heterocycles. The van der Waals surface area contributed by atoms with Crippen LogP contribution < -0.4 is 9.88 Å². The summed E-state index contributed by atoms with van der Waals surface area (Å²) in [4.78, 5) is 6.71. The molecule has 0 fully saturated rings. The fourth-order valence-electron chi connectivity index (χ4n) is 3.82. The minimum atomic E-state index is 0. The van der Waals surface area contributed by atoms with Crippen LogP contribution in [0, 0.1) is 0 Å². The Morgan fingerprint density at radius 2 is 1.15 bits per heavy atom. The maximum atomic E-state index is 4.60.